The third kappa shape index (κ3) is 676. The van der Waals surface area contributed by atoms with Crippen molar-refractivity contribution in [3.05, 3.63) is 0 Å². The first-order chi connectivity index (χ1) is 4.00. The summed E-state index contributed by atoms with van der Waals surface area (Å²) in [6, 6.07) is 0. The van der Waals surface area contributed by atoms with Crippen LogP contribution in [0.15, 0.2) is 0 Å². The Morgan fingerprint density at radius 3 is 0.500 bits per heavy atom. The van der Waals surface area contributed by atoms with E-state index >= 15 is 0 Å². The van der Waals surface area contributed by atoms with E-state index in [4.69, 9.17) is 38.5 Å². The van der Waals surface area contributed by atoms with E-state index in [1.165, 1.54) is 0 Å². The first-order valence-electron chi connectivity index (χ1n) is 1.46. The Labute approximate surface area is 140 Å². The number of phosphoric acid groups is 2. The molecule has 0 saturated carbocycles. The van der Waals surface area contributed by atoms with E-state index in [1.807, 2.05) is 0 Å². The maximum atomic E-state index is 8.55. The molecule has 0 aliphatic carbocycles. The number of hydrogen-bond donors (Lipinski definition) is 3. The van der Waals surface area contributed by atoms with E-state index in [1.54, 1.807) is 0 Å². The zero-order valence-electron chi connectivity index (χ0n) is 8.40. The van der Waals surface area contributed by atoms with Crippen LogP contribution in [0.25, 0.3) is 0 Å². The maximum Gasteiger partial charge on any atom is 2.00 e. The van der Waals surface area contributed by atoms with Gasteiger partial charge in [-0.05, 0) is 0 Å². The summed E-state index contributed by atoms with van der Waals surface area (Å²) >= 11 is 0. The van der Waals surface area contributed by atoms with Gasteiger partial charge in [0.15, 0.2) is 0 Å². The molecule has 88 valence electrons. The van der Waals surface area contributed by atoms with Crippen LogP contribution < -0.4 is 47.8 Å². The van der Waals surface area contributed by atoms with Crippen molar-refractivity contribution >= 4 is 84.8 Å². The van der Waals surface area contributed by atoms with Crippen molar-refractivity contribution in [2.75, 3.05) is 0 Å². The minimum absolute atomic E-state index is 0. The van der Waals surface area contributed by atoms with Gasteiger partial charge in [-0.3, -0.25) is 0 Å². The molecule has 0 aliphatic heterocycles. The van der Waals surface area contributed by atoms with Crippen molar-refractivity contribution in [2.45, 2.75) is 0 Å². The Balaban J connectivity index is -0.00000000970. The minimum Gasteiger partial charge on any atom is -0.822 e. The molecular formula is H9Mg3N3O8P2. The molecule has 0 aromatic carbocycles. The van der Waals surface area contributed by atoms with Gasteiger partial charge in [-0.1, -0.05) is 0 Å². The second-order valence-electron chi connectivity index (χ2n) is 0.894. The zero-order valence-corrected chi connectivity index (χ0v) is 14.4. The Morgan fingerprint density at radius 1 is 0.500 bits per heavy atom. The van der Waals surface area contributed by atoms with Crippen molar-refractivity contribution in [3.8, 4) is 0 Å². The van der Waals surface area contributed by atoms with Crippen LogP contribution in [0, 0.1) is 0 Å². The van der Waals surface area contributed by atoms with E-state index in [9.17, 15) is 0 Å². The van der Waals surface area contributed by atoms with Gasteiger partial charge in [0.05, 0.1) is 0 Å². The summed E-state index contributed by atoms with van der Waals surface area (Å²) in [5.74, 6) is 0. The summed E-state index contributed by atoms with van der Waals surface area (Å²) < 4.78 is 17.1. The summed E-state index contributed by atoms with van der Waals surface area (Å²) in [4.78, 5) is 51.3. The standard InChI is InChI=1S/3Mg.3H3N.2H3O4P/c;;;;;;2*1-5(2,3)4/h;;;3*1H3;2*(H3,1,2,3,4)/q3*+2;;;;;/p-6. The average molecular weight is 314 g/mol. The molecule has 9 N–H and O–H groups in total. The molecule has 16 heavy (non-hydrogen) atoms. The van der Waals surface area contributed by atoms with Gasteiger partial charge in [-0.2, -0.15) is 15.6 Å². The first-order valence-corrected chi connectivity index (χ1v) is 4.38. The fraction of sp³-hybridized carbons (Fsp3) is 0. The van der Waals surface area contributed by atoms with Crippen LogP contribution in [0.4, 0.5) is 0 Å². The van der Waals surface area contributed by atoms with Crippen LogP contribution in [0.5, 0.6) is 0 Å². The van der Waals surface area contributed by atoms with Crippen LogP contribution >= 0.6 is 15.6 Å². The van der Waals surface area contributed by atoms with Gasteiger partial charge < -0.3 is 56.9 Å². The number of rotatable bonds is 0. The first kappa shape index (κ1) is 51.5. The normalized spacial score (nSPS) is 7.38. The van der Waals surface area contributed by atoms with E-state index < -0.39 is 15.6 Å². The predicted octanol–water partition coefficient (Wildman–Crippen LogP) is -6.31. The molecule has 11 nitrogen and oxygen atoms in total. The molecule has 0 fully saturated rings. The summed E-state index contributed by atoms with van der Waals surface area (Å²) in [6.45, 7) is 0. The zero-order chi connectivity index (χ0) is 9.00. The summed E-state index contributed by atoms with van der Waals surface area (Å²) in [5.41, 5.74) is 0. The van der Waals surface area contributed by atoms with Crippen LogP contribution in [0.3, 0.4) is 0 Å². The molecule has 0 saturated heterocycles. The molecular weight excluding hydrogens is 305 g/mol. The fourth-order valence-electron chi connectivity index (χ4n) is 0. The molecule has 0 spiro atoms. The minimum atomic E-state index is -5.39. The van der Waals surface area contributed by atoms with Gasteiger partial charge >= 0.3 is 69.2 Å². The molecule has 16 heteroatoms. The van der Waals surface area contributed by atoms with Crippen LogP contribution in [0.1, 0.15) is 0 Å². The Bertz CT molecular complexity index is 141. The smallest absolute Gasteiger partial charge is 0.822 e. The second kappa shape index (κ2) is 22.6. The third-order valence-electron chi connectivity index (χ3n) is 0. The Kier molecular flexibility index (Phi) is 72.6. The second-order valence-corrected chi connectivity index (χ2v) is 2.68. The van der Waals surface area contributed by atoms with Gasteiger partial charge in [-0.25, -0.2) is 0 Å². The monoisotopic (exact) mass is 313 g/mol. The van der Waals surface area contributed by atoms with E-state index in [2.05, 4.69) is 0 Å². The van der Waals surface area contributed by atoms with Gasteiger partial charge in [0.1, 0.15) is 0 Å². The SMILES string of the molecule is N.N.N.O=P([O-])([O-])[O-].O=P([O-])([O-])[O-].[Mg+2].[Mg+2].[Mg+2]. The van der Waals surface area contributed by atoms with Gasteiger partial charge in [-0.15, -0.1) is 0 Å². The van der Waals surface area contributed by atoms with Crippen molar-refractivity contribution in [3.63, 3.8) is 0 Å². The van der Waals surface area contributed by atoms with Crippen molar-refractivity contribution in [2.24, 2.45) is 0 Å². The van der Waals surface area contributed by atoms with Crippen LogP contribution in [0.2, 0.25) is 0 Å². The molecule has 0 rings (SSSR count). The Hall–Kier alpha value is 2.40. The topological polar surface area (TPSA) is 278 Å². The van der Waals surface area contributed by atoms with E-state index in [-0.39, 0.29) is 87.6 Å². The number of hydrogen-bond acceptors (Lipinski definition) is 11. The molecule has 0 aromatic rings. The van der Waals surface area contributed by atoms with Crippen LogP contribution in [-0.2, 0) is 9.13 Å². The maximum absolute atomic E-state index is 8.55. The molecule has 0 bridgehead atoms. The van der Waals surface area contributed by atoms with Crippen molar-refractivity contribution in [1.29, 1.82) is 0 Å². The molecule has 0 unspecified atom stereocenters. The largest absolute Gasteiger partial charge is 2.00 e. The summed E-state index contributed by atoms with van der Waals surface area (Å²) in [6.07, 6.45) is 0. The summed E-state index contributed by atoms with van der Waals surface area (Å²) in [7, 11) is -10.8. The molecule has 0 amide bonds. The van der Waals surface area contributed by atoms with Crippen molar-refractivity contribution in [1.82, 2.24) is 18.5 Å². The molecule has 0 heterocycles. The molecule has 0 aromatic heterocycles. The van der Waals surface area contributed by atoms with E-state index in [0.717, 1.165) is 0 Å². The van der Waals surface area contributed by atoms with Gasteiger partial charge in [0.2, 0.25) is 0 Å². The van der Waals surface area contributed by atoms with Crippen molar-refractivity contribution < 1.29 is 38.5 Å². The molecule has 0 radical (unpaired) electrons. The summed E-state index contributed by atoms with van der Waals surface area (Å²) in [5, 5.41) is 0. The van der Waals surface area contributed by atoms with Gasteiger partial charge in [0.25, 0.3) is 0 Å². The quantitative estimate of drug-likeness (QED) is 0.279. The third-order valence-corrected chi connectivity index (χ3v) is 0. The van der Waals surface area contributed by atoms with E-state index in [0.29, 0.717) is 0 Å². The molecule has 0 aliphatic rings. The fourth-order valence-corrected chi connectivity index (χ4v) is 0. The predicted molar refractivity (Wildman–Crippen MR) is 47.5 cm³/mol. The van der Waals surface area contributed by atoms with Crippen LogP contribution in [-0.4, -0.2) is 69.2 Å². The Morgan fingerprint density at radius 2 is 0.500 bits per heavy atom. The average Bonchev–Trinajstić information content (AvgIpc) is 1.12. The van der Waals surface area contributed by atoms with Gasteiger partial charge in [0, 0.05) is 0 Å². The molecule has 0 atom stereocenters.